The van der Waals surface area contributed by atoms with Gasteiger partial charge in [-0.05, 0) is 24.5 Å². The van der Waals surface area contributed by atoms with E-state index in [0.29, 0.717) is 31.6 Å². The summed E-state index contributed by atoms with van der Waals surface area (Å²) in [4.78, 5) is 37.5. The lowest BCUT2D eigenvalue weighted by Crippen LogP contribution is -2.56. The number of benzene rings is 1. The minimum atomic E-state index is -1.38. The van der Waals surface area contributed by atoms with E-state index < -0.39 is 24.9 Å². The van der Waals surface area contributed by atoms with Crippen molar-refractivity contribution in [2.75, 3.05) is 26.2 Å². The number of nitrogens with two attached hydrogens (primary N) is 1. The fourth-order valence-electron chi connectivity index (χ4n) is 3.65. The molecule has 0 saturated carbocycles. The number of carbonyl (C=O) groups is 3. The molecular formula is C18H25BN4O6. The number of amides is 2. The van der Waals surface area contributed by atoms with Crippen LogP contribution in [0, 0.1) is 0 Å². The van der Waals surface area contributed by atoms with Crippen molar-refractivity contribution in [3.05, 3.63) is 29.3 Å². The zero-order chi connectivity index (χ0) is 21.0. The summed E-state index contributed by atoms with van der Waals surface area (Å²) in [7, 11) is -1.38. The molecule has 6 N–H and O–H groups in total. The van der Waals surface area contributed by atoms with Crippen LogP contribution in [0.25, 0.3) is 0 Å². The molecule has 3 rings (SSSR count). The average molecular weight is 404 g/mol. The summed E-state index contributed by atoms with van der Waals surface area (Å²) in [5, 5.41) is 25.3. The highest BCUT2D eigenvalue weighted by Gasteiger charge is 2.38. The molecule has 156 valence electrons. The predicted molar refractivity (Wildman–Crippen MR) is 104 cm³/mol. The number of rotatable bonds is 7. The number of nitrogens with zero attached hydrogens (tertiary/aromatic N) is 1. The van der Waals surface area contributed by atoms with Gasteiger partial charge in [-0.1, -0.05) is 12.1 Å². The van der Waals surface area contributed by atoms with Gasteiger partial charge in [0.05, 0.1) is 18.0 Å². The number of aromatic carboxylic acids is 1. The smallest absolute Gasteiger partial charge is 0.534 e. The van der Waals surface area contributed by atoms with E-state index in [4.69, 9.17) is 10.4 Å². The molecule has 2 unspecified atom stereocenters. The first-order valence-electron chi connectivity index (χ1n) is 9.59. The normalized spacial score (nSPS) is 21.4. The van der Waals surface area contributed by atoms with Crippen LogP contribution >= 0.6 is 0 Å². The lowest BCUT2D eigenvalue weighted by Gasteiger charge is -2.33. The maximum atomic E-state index is 12.4. The van der Waals surface area contributed by atoms with Gasteiger partial charge in [-0.2, -0.15) is 0 Å². The summed E-state index contributed by atoms with van der Waals surface area (Å²) in [6, 6.07) is 4.74. The van der Waals surface area contributed by atoms with Crippen LogP contribution in [0.4, 0.5) is 0 Å². The summed E-state index contributed by atoms with van der Waals surface area (Å²) in [5.41, 5.74) is 6.00. The van der Waals surface area contributed by atoms with Crippen molar-refractivity contribution in [3.63, 3.8) is 0 Å². The Hall–Kier alpha value is -2.63. The van der Waals surface area contributed by atoms with E-state index in [-0.39, 0.29) is 36.2 Å². The SMILES string of the molecule is NCCNC1CCN(CC(=O)NC2Cc3cccc(C(=O)O)c3OB2O)C(=O)C1. The predicted octanol–water partition coefficient (Wildman–Crippen LogP) is -1.64. The second-order valence-corrected chi connectivity index (χ2v) is 7.23. The van der Waals surface area contributed by atoms with Crippen LogP contribution in [-0.2, 0) is 16.0 Å². The standard InChI is InChI=1S/C18H25BN4O6/c20-5-6-21-12-4-7-23(16(25)9-12)10-15(24)22-14-8-11-2-1-3-13(18(26)27)17(11)29-19(14)28/h1-3,12,14,21,28H,4-10,20H2,(H,22,24)(H,26,27). The molecule has 1 aromatic rings. The molecule has 0 aromatic heterocycles. The fourth-order valence-corrected chi connectivity index (χ4v) is 3.65. The van der Waals surface area contributed by atoms with Crippen LogP contribution in [0.5, 0.6) is 5.75 Å². The minimum absolute atomic E-state index is 0.0389. The van der Waals surface area contributed by atoms with Crippen molar-refractivity contribution < 1.29 is 29.2 Å². The summed E-state index contributed by atoms with van der Waals surface area (Å²) in [6.07, 6.45) is 1.27. The molecule has 10 nitrogen and oxygen atoms in total. The average Bonchev–Trinajstić information content (AvgIpc) is 2.68. The topological polar surface area (TPSA) is 154 Å². The highest BCUT2D eigenvalue weighted by molar-refractivity contribution is 6.47. The Labute approximate surface area is 168 Å². The number of hydrogen-bond donors (Lipinski definition) is 5. The molecule has 11 heteroatoms. The third-order valence-electron chi connectivity index (χ3n) is 5.13. The van der Waals surface area contributed by atoms with Gasteiger partial charge < -0.3 is 36.1 Å². The first kappa shape index (κ1) is 21.1. The van der Waals surface area contributed by atoms with Crippen LogP contribution in [0.2, 0.25) is 0 Å². The number of fused-ring (bicyclic) bond motifs is 1. The summed E-state index contributed by atoms with van der Waals surface area (Å²) < 4.78 is 5.36. The quantitative estimate of drug-likeness (QED) is 0.339. The van der Waals surface area contributed by atoms with Gasteiger partial charge >= 0.3 is 13.1 Å². The number of likely N-dealkylation sites (tertiary alicyclic amines) is 1. The van der Waals surface area contributed by atoms with Crippen LogP contribution in [-0.4, -0.2) is 78.1 Å². The number of carbonyl (C=O) groups excluding carboxylic acids is 2. The number of piperidine rings is 1. The summed E-state index contributed by atoms with van der Waals surface area (Å²) >= 11 is 0. The molecule has 0 spiro atoms. The van der Waals surface area contributed by atoms with E-state index >= 15 is 0 Å². The second-order valence-electron chi connectivity index (χ2n) is 7.23. The van der Waals surface area contributed by atoms with Crippen LogP contribution in [0.15, 0.2) is 18.2 Å². The Kier molecular flexibility index (Phi) is 6.73. The highest BCUT2D eigenvalue weighted by atomic mass is 16.5. The highest BCUT2D eigenvalue weighted by Crippen LogP contribution is 2.30. The molecule has 2 aliphatic heterocycles. The van der Waals surface area contributed by atoms with Gasteiger partial charge in [0.2, 0.25) is 11.8 Å². The van der Waals surface area contributed by atoms with Gasteiger partial charge in [-0.15, -0.1) is 0 Å². The zero-order valence-corrected chi connectivity index (χ0v) is 16.0. The molecule has 0 radical (unpaired) electrons. The number of nitrogens with one attached hydrogen (secondary N) is 2. The Morgan fingerprint density at radius 2 is 2.14 bits per heavy atom. The van der Waals surface area contributed by atoms with E-state index in [1.165, 1.54) is 11.0 Å². The first-order valence-corrected chi connectivity index (χ1v) is 9.59. The Morgan fingerprint density at radius 3 is 2.83 bits per heavy atom. The molecule has 1 aromatic carbocycles. The molecule has 29 heavy (non-hydrogen) atoms. The molecule has 2 amide bonds. The molecule has 2 aliphatic rings. The lowest BCUT2D eigenvalue weighted by molar-refractivity contribution is -0.138. The Morgan fingerprint density at radius 1 is 1.34 bits per heavy atom. The van der Waals surface area contributed by atoms with Gasteiger partial charge in [0.1, 0.15) is 5.75 Å². The number of hydrogen-bond acceptors (Lipinski definition) is 7. The molecule has 2 heterocycles. The molecule has 1 fully saturated rings. The number of para-hydroxylation sites is 1. The van der Waals surface area contributed by atoms with Gasteiger partial charge in [0.25, 0.3) is 0 Å². The number of carboxylic acids is 1. The van der Waals surface area contributed by atoms with E-state index in [9.17, 15) is 24.5 Å². The second kappa shape index (κ2) is 9.25. The van der Waals surface area contributed by atoms with Crippen molar-refractivity contribution in [2.45, 2.75) is 31.2 Å². The third-order valence-corrected chi connectivity index (χ3v) is 5.13. The van der Waals surface area contributed by atoms with Gasteiger partial charge in [0.15, 0.2) is 0 Å². The minimum Gasteiger partial charge on any atom is -0.534 e. The Balaban J connectivity index is 1.56. The number of carboxylic acid groups (broad SMARTS) is 1. The molecule has 2 atom stereocenters. The van der Waals surface area contributed by atoms with Crippen LogP contribution in [0.3, 0.4) is 0 Å². The molecule has 1 saturated heterocycles. The largest absolute Gasteiger partial charge is 0.547 e. The van der Waals surface area contributed by atoms with E-state index in [2.05, 4.69) is 10.6 Å². The molecular weight excluding hydrogens is 379 g/mol. The lowest BCUT2D eigenvalue weighted by atomic mass is 9.72. The fraction of sp³-hybridized carbons (Fsp3) is 0.500. The van der Waals surface area contributed by atoms with Crippen molar-refractivity contribution in [1.29, 1.82) is 0 Å². The van der Waals surface area contributed by atoms with Gasteiger partial charge in [-0.3, -0.25) is 9.59 Å². The van der Waals surface area contributed by atoms with Crippen molar-refractivity contribution in [3.8, 4) is 5.75 Å². The van der Waals surface area contributed by atoms with Crippen molar-refractivity contribution in [1.82, 2.24) is 15.5 Å². The van der Waals surface area contributed by atoms with Crippen LogP contribution in [0.1, 0.15) is 28.8 Å². The monoisotopic (exact) mass is 404 g/mol. The Bertz CT molecular complexity index is 792. The summed E-state index contributed by atoms with van der Waals surface area (Å²) in [6.45, 7) is 1.50. The van der Waals surface area contributed by atoms with Crippen LogP contribution < -0.4 is 21.0 Å². The zero-order valence-electron chi connectivity index (χ0n) is 16.0. The van der Waals surface area contributed by atoms with Gasteiger partial charge in [0, 0.05) is 32.1 Å². The third kappa shape index (κ3) is 5.05. The van der Waals surface area contributed by atoms with Crippen molar-refractivity contribution in [2.24, 2.45) is 5.73 Å². The molecule has 0 aliphatic carbocycles. The van der Waals surface area contributed by atoms with E-state index in [1.807, 2.05) is 0 Å². The summed E-state index contributed by atoms with van der Waals surface area (Å²) in [5.74, 6) is -2.30. The maximum absolute atomic E-state index is 12.4. The maximum Gasteiger partial charge on any atom is 0.547 e. The van der Waals surface area contributed by atoms with Gasteiger partial charge in [-0.25, -0.2) is 4.79 Å². The van der Waals surface area contributed by atoms with E-state index in [0.717, 1.165) is 6.42 Å². The van der Waals surface area contributed by atoms with Crippen molar-refractivity contribution >= 4 is 24.9 Å². The van der Waals surface area contributed by atoms with E-state index in [1.54, 1.807) is 12.1 Å². The molecule has 0 bridgehead atoms. The first-order chi connectivity index (χ1) is 13.9.